The molecule has 0 aromatic heterocycles. The third-order valence-corrected chi connectivity index (χ3v) is 7.09. The van der Waals surface area contributed by atoms with Gasteiger partial charge < -0.3 is 9.47 Å². The van der Waals surface area contributed by atoms with Gasteiger partial charge >= 0.3 is 0 Å². The Bertz CT molecular complexity index is 1270. The van der Waals surface area contributed by atoms with Crippen molar-refractivity contribution in [1.82, 2.24) is 4.90 Å². The highest BCUT2D eigenvalue weighted by Crippen LogP contribution is 2.37. The Kier molecular flexibility index (Phi) is 8.46. The van der Waals surface area contributed by atoms with Crippen molar-refractivity contribution in [3.63, 3.8) is 0 Å². The summed E-state index contributed by atoms with van der Waals surface area (Å²) in [5.41, 5.74) is 2.60. The van der Waals surface area contributed by atoms with Crippen molar-refractivity contribution in [3.05, 3.63) is 97.7 Å². The van der Waals surface area contributed by atoms with Gasteiger partial charge in [0.25, 0.3) is 11.1 Å². The number of carbonyl (C=O) groups is 2. The minimum atomic E-state index is -0.322. The molecule has 1 heterocycles. The number of carbonyl (C=O) groups excluding carboxylic acids is 2. The number of hydrogen-bond donors (Lipinski definition) is 0. The highest BCUT2D eigenvalue weighted by Gasteiger charge is 2.34. The zero-order chi connectivity index (χ0) is 24.8. The average molecular weight is 603 g/mol. The van der Waals surface area contributed by atoms with Crippen LogP contribution < -0.4 is 9.47 Å². The Balaban J connectivity index is 1.45. The second-order valence-electron chi connectivity index (χ2n) is 7.88. The molecule has 3 aromatic carbocycles. The summed E-state index contributed by atoms with van der Waals surface area (Å²) < 4.78 is 25.6. The molecule has 0 unspecified atom stereocenters. The van der Waals surface area contributed by atoms with Crippen LogP contribution in [0.3, 0.4) is 0 Å². The first kappa shape index (κ1) is 25.2. The maximum absolute atomic E-state index is 13.5. The summed E-state index contributed by atoms with van der Waals surface area (Å²) in [5, 5.41) is -0.258. The summed E-state index contributed by atoms with van der Waals surface area (Å²) in [6.45, 7) is 0.565. The van der Waals surface area contributed by atoms with Crippen molar-refractivity contribution in [3.8, 4) is 11.5 Å². The van der Waals surface area contributed by atoms with Crippen molar-refractivity contribution >= 4 is 51.6 Å². The van der Waals surface area contributed by atoms with Gasteiger partial charge in [0.2, 0.25) is 0 Å². The highest BCUT2D eigenvalue weighted by molar-refractivity contribution is 14.1. The summed E-state index contributed by atoms with van der Waals surface area (Å²) in [6, 6.07) is 19.8. The Morgan fingerprint density at radius 2 is 1.80 bits per heavy atom. The zero-order valence-corrected chi connectivity index (χ0v) is 22.0. The predicted molar refractivity (Wildman–Crippen MR) is 144 cm³/mol. The van der Waals surface area contributed by atoms with E-state index in [-0.39, 0.29) is 23.6 Å². The van der Waals surface area contributed by atoms with Crippen LogP contribution in [0.4, 0.5) is 9.18 Å². The Morgan fingerprint density at radius 1 is 1.03 bits per heavy atom. The second-order valence-corrected chi connectivity index (χ2v) is 10.0. The molecule has 0 N–H and O–H groups in total. The van der Waals surface area contributed by atoms with Gasteiger partial charge in [0.05, 0.1) is 15.6 Å². The number of hydrogen-bond acceptors (Lipinski definition) is 5. The van der Waals surface area contributed by atoms with Crippen LogP contribution in [0.5, 0.6) is 11.5 Å². The maximum atomic E-state index is 13.5. The molecule has 0 bridgehead atoms. The molecule has 4 rings (SSSR count). The topological polar surface area (TPSA) is 55.8 Å². The number of halogens is 2. The van der Waals surface area contributed by atoms with Crippen molar-refractivity contribution in [1.29, 1.82) is 0 Å². The van der Waals surface area contributed by atoms with Crippen LogP contribution in [0.25, 0.3) is 6.08 Å². The average Bonchev–Trinajstić information content (AvgIpc) is 3.11. The SMILES string of the molecule is COc1cc(/C=C2/SC(=O)N(CCCc3ccccc3)C2=O)cc(I)c1OCc1cccc(F)c1. The van der Waals surface area contributed by atoms with Crippen LogP contribution in [0.1, 0.15) is 23.1 Å². The largest absolute Gasteiger partial charge is 0.493 e. The number of thioether (sulfide) groups is 1. The first-order chi connectivity index (χ1) is 16.9. The van der Waals surface area contributed by atoms with E-state index in [1.54, 1.807) is 24.3 Å². The minimum Gasteiger partial charge on any atom is -0.493 e. The molecule has 5 nitrogen and oxygen atoms in total. The maximum Gasteiger partial charge on any atom is 0.293 e. The molecule has 3 aromatic rings. The Morgan fingerprint density at radius 3 is 2.54 bits per heavy atom. The minimum absolute atomic E-state index is 0.186. The lowest BCUT2D eigenvalue weighted by atomic mass is 10.1. The van der Waals surface area contributed by atoms with E-state index in [0.717, 1.165) is 27.3 Å². The van der Waals surface area contributed by atoms with E-state index in [4.69, 9.17) is 9.47 Å². The quantitative estimate of drug-likeness (QED) is 0.202. The molecule has 180 valence electrons. The van der Waals surface area contributed by atoms with Crippen LogP contribution in [-0.4, -0.2) is 29.7 Å². The van der Waals surface area contributed by atoms with Crippen LogP contribution >= 0.6 is 34.4 Å². The molecule has 0 atom stereocenters. The van der Waals surface area contributed by atoms with Gasteiger partial charge in [-0.2, -0.15) is 0 Å². The number of imide groups is 1. The van der Waals surface area contributed by atoms with E-state index in [1.807, 2.05) is 36.4 Å². The Labute approximate surface area is 221 Å². The number of ether oxygens (including phenoxy) is 2. The molecule has 0 saturated carbocycles. The van der Waals surface area contributed by atoms with E-state index in [0.29, 0.717) is 34.9 Å². The number of methoxy groups -OCH3 is 1. The van der Waals surface area contributed by atoms with E-state index in [9.17, 15) is 14.0 Å². The Hall–Kier alpha value is -2.85. The number of nitrogens with zero attached hydrogens (tertiary/aromatic N) is 1. The molecule has 1 aliphatic heterocycles. The number of rotatable bonds is 9. The van der Waals surface area contributed by atoms with Crippen LogP contribution in [0.2, 0.25) is 0 Å². The van der Waals surface area contributed by atoms with Gasteiger partial charge in [0.15, 0.2) is 11.5 Å². The van der Waals surface area contributed by atoms with Crippen LogP contribution in [0, 0.1) is 9.39 Å². The summed E-state index contributed by atoms with van der Waals surface area (Å²) in [6.07, 6.45) is 3.20. The first-order valence-corrected chi connectivity index (χ1v) is 12.9. The van der Waals surface area contributed by atoms with Crippen molar-refractivity contribution in [2.45, 2.75) is 19.4 Å². The first-order valence-electron chi connectivity index (χ1n) is 11.0. The summed E-state index contributed by atoms with van der Waals surface area (Å²) in [4.78, 5) is 27.0. The van der Waals surface area contributed by atoms with E-state index < -0.39 is 0 Å². The smallest absolute Gasteiger partial charge is 0.293 e. The molecule has 35 heavy (non-hydrogen) atoms. The van der Waals surface area contributed by atoms with Crippen molar-refractivity contribution in [2.24, 2.45) is 0 Å². The lowest BCUT2D eigenvalue weighted by Crippen LogP contribution is -2.29. The standard InChI is InChI=1S/C27H23FINO4S/c1-33-23-15-20(14-22(29)25(23)34-17-19-9-5-11-21(28)13-19)16-24-26(31)30(27(32)35-24)12-6-10-18-7-3-2-4-8-18/h2-5,7-9,11,13-16H,6,10,12,17H2,1H3/b24-16+. The van der Waals surface area contributed by atoms with Crippen molar-refractivity contribution in [2.75, 3.05) is 13.7 Å². The molecular formula is C27H23FINO4S. The molecule has 1 fully saturated rings. The number of amides is 2. The van der Waals surface area contributed by atoms with E-state index in [2.05, 4.69) is 22.6 Å². The van der Waals surface area contributed by atoms with Gasteiger partial charge in [0, 0.05) is 6.54 Å². The van der Waals surface area contributed by atoms with Crippen molar-refractivity contribution < 1.29 is 23.5 Å². The van der Waals surface area contributed by atoms with Gasteiger partial charge in [-0.15, -0.1) is 0 Å². The van der Waals surface area contributed by atoms with Gasteiger partial charge in [-0.05, 0) is 94.2 Å². The molecular weight excluding hydrogens is 580 g/mol. The fraction of sp³-hybridized carbons (Fsp3) is 0.185. The molecule has 1 saturated heterocycles. The van der Waals surface area contributed by atoms with Gasteiger partial charge in [-0.3, -0.25) is 14.5 Å². The summed E-state index contributed by atoms with van der Waals surface area (Å²) in [7, 11) is 1.53. The molecule has 0 spiro atoms. The normalized spacial score (nSPS) is 14.6. The highest BCUT2D eigenvalue weighted by atomic mass is 127. The van der Waals surface area contributed by atoms with Gasteiger partial charge in [-0.1, -0.05) is 42.5 Å². The summed E-state index contributed by atoms with van der Waals surface area (Å²) in [5.74, 6) is 0.413. The van der Waals surface area contributed by atoms with Gasteiger partial charge in [-0.25, -0.2) is 4.39 Å². The van der Waals surface area contributed by atoms with E-state index >= 15 is 0 Å². The molecule has 0 radical (unpaired) electrons. The van der Waals surface area contributed by atoms with E-state index in [1.165, 1.54) is 29.7 Å². The molecule has 2 amide bonds. The monoisotopic (exact) mass is 603 g/mol. The van der Waals surface area contributed by atoms with Crippen LogP contribution in [0.15, 0.2) is 71.6 Å². The number of benzene rings is 3. The molecule has 0 aliphatic carbocycles. The lowest BCUT2D eigenvalue weighted by Gasteiger charge is -2.14. The predicted octanol–water partition coefficient (Wildman–Crippen LogP) is 6.69. The third kappa shape index (κ3) is 6.43. The van der Waals surface area contributed by atoms with Crippen LogP contribution in [-0.2, 0) is 17.8 Å². The molecule has 8 heteroatoms. The second kappa shape index (κ2) is 11.7. The fourth-order valence-electron chi connectivity index (χ4n) is 3.68. The molecule has 1 aliphatic rings. The van der Waals surface area contributed by atoms with Gasteiger partial charge in [0.1, 0.15) is 12.4 Å². The zero-order valence-electron chi connectivity index (χ0n) is 19.0. The number of aryl methyl sites for hydroxylation is 1. The third-order valence-electron chi connectivity index (χ3n) is 5.39. The fourth-order valence-corrected chi connectivity index (χ4v) is 5.32. The summed E-state index contributed by atoms with van der Waals surface area (Å²) >= 11 is 3.07. The lowest BCUT2D eigenvalue weighted by molar-refractivity contribution is -0.122.